The first-order valence-electron chi connectivity index (χ1n) is 8.98. The van der Waals surface area contributed by atoms with Crippen LogP contribution in [0.25, 0.3) is 5.69 Å². The second-order valence-corrected chi connectivity index (χ2v) is 6.59. The molecule has 1 N–H and O–H groups in total. The van der Waals surface area contributed by atoms with Crippen LogP contribution in [-0.2, 0) is 6.54 Å². The van der Waals surface area contributed by atoms with Crippen molar-refractivity contribution in [1.82, 2.24) is 30.4 Å². The summed E-state index contributed by atoms with van der Waals surface area (Å²) in [7, 11) is 2.09. The first kappa shape index (κ1) is 18.7. The molecule has 140 valence electrons. The smallest absolute Gasteiger partial charge is 0.251 e. The number of rotatable bonds is 8. The molecule has 0 unspecified atom stereocenters. The summed E-state index contributed by atoms with van der Waals surface area (Å²) in [5, 5.41) is 14.1. The molecule has 3 rings (SSSR count). The molecule has 0 aliphatic heterocycles. The molecule has 7 nitrogen and oxygen atoms in total. The minimum atomic E-state index is -0.0629. The maximum absolute atomic E-state index is 12.4. The van der Waals surface area contributed by atoms with E-state index < -0.39 is 0 Å². The predicted octanol–water partition coefficient (Wildman–Crippen LogP) is 2.22. The Hall–Kier alpha value is -3.06. The highest BCUT2D eigenvalue weighted by Gasteiger charge is 2.09. The number of nitrogens with one attached hydrogen (secondary N) is 1. The average molecular weight is 364 g/mol. The molecule has 0 saturated carbocycles. The van der Waals surface area contributed by atoms with Gasteiger partial charge in [-0.2, -0.15) is 0 Å². The fourth-order valence-corrected chi connectivity index (χ4v) is 2.95. The Morgan fingerprint density at radius 1 is 1.19 bits per heavy atom. The molecule has 1 amide bonds. The van der Waals surface area contributed by atoms with Crippen molar-refractivity contribution in [3.8, 4) is 5.69 Å². The number of hydrogen-bond acceptors (Lipinski definition) is 5. The third-order valence-electron chi connectivity index (χ3n) is 4.35. The lowest BCUT2D eigenvalue weighted by atomic mass is 10.1. The van der Waals surface area contributed by atoms with Crippen LogP contribution in [0.4, 0.5) is 0 Å². The van der Waals surface area contributed by atoms with Crippen molar-refractivity contribution in [2.75, 3.05) is 20.1 Å². The van der Waals surface area contributed by atoms with Crippen molar-refractivity contribution in [2.45, 2.75) is 19.9 Å². The summed E-state index contributed by atoms with van der Waals surface area (Å²) >= 11 is 0. The lowest BCUT2D eigenvalue weighted by Crippen LogP contribution is -2.28. The Morgan fingerprint density at radius 3 is 2.70 bits per heavy atom. The first-order valence-corrected chi connectivity index (χ1v) is 8.98. The number of carbonyl (C=O) groups excluding carboxylic acids is 1. The van der Waals surface area contributed by atoms with Crippen LogP contribution < -0.4 is 5.32 Å². The van der Waals surface area contributed by atoms with E-state index in [9.17, 15) is 4.79 Å². The lowest BCUT2D eigenvalue weighted by Gasteiger charge is -2.16. The zero-order valence-corrected chi connectivity index (χ0v) is 15.7. The predicted molar refractivity (Wildman–Crippen MR) is 104 cm³/mol. The third kappa shape index (κ3) is 5.21. The number of benzene rings is 2. The van der Waals surface area contributed by atoms with E-state index >= 15 is 0 Å². The average Bonchev–Trinajstić information content (AvgIpc) is 3.20. The summed E-state index contributed by atoms with van der Waals surface area (Å²) in [6, 6.07) is 15.9. The highest BCUT2D eigenvalue weighted by atomic mass is 16.1. The van der Waals surface area contributed by atoms with E-state index in [1.807, 2.05) is 25.1 Å². The molecule has 0 fully saturated rings. The van der Waals surface area contributed by atoms with Gasteiger partial charge in [0, 0.05) is 18.7 Å². The van der Waals surface area contributed by atoms with E-state index in [1.165, 1.54) is 11.9 Å². The van der Waals surface area contributed by atoms with Crippen LogP contribution in [0.3, 0.4) is 0 Å². The van der Waals surface area contributed by atoms with Gasteiger partial charge >= 0.3 is 0 Å². The quantitative estimate of drug-likeness (QED) is 0.620. The topological polar surface area (TPSA) is 75.9 Å². The number of hydrogen-bond donors (Lipinski definition) is 1. The molecule has 0 radical (unpaired) electrons. The molecule has 3 aromatic rings. The van der Waals surface area contributed by atoms with Gasteiger partial charge in [0.25, 0.3) is 5.91 Å². The van der Waals surface area contributed by atoms with E-state index in [2.05, 4.69) is 57.1 Å². The minimum absolute atomic E-state index is 0.0629. The van der Waals surface area contributed by atoms with Gasteiger partial charge in [-0.25, -0.2) is 4.68 Å². The van der Waals surface area contributed by atoms with Crippen LogP contribution in [0, 0.1) is 6.92 Å². The zero-order chi connectivity index (χ0) is 19.1. The number of tetrazole rings is 1. The molecule has 0 aliphatic carbocycles. The summed E-state index contributed by atoms with van der Waals surface area (Å²) in [5.74, 6) is -0.0629. The molecule has 1 heterocycles. The Morgan fingerprint density at radius 2 is 2.00 bits per heavy atom. The second-order valence-electron chi connectivity index (χ2n) is 6.59. The fraction of sp³-hybridized carbons (Fsp3) is 0.300. The zero-order valence-electron chi connectivity index (χ0n) is 15.7. The van der Waals surface area contributed by atoms with E-state index in [4.69, 9.17) is 0 Å². The standard InChI is InChI=1S/C20H24N6O/c1-16-13-18(9-10-19(16)26-15-22-23-24-26)20(27)21-11-6-12-25(2)14-17-7-4-3-5-8-17/h3-5,7-10,13,15H,6,11-12,14H2,1-2H3,(H,21,27). The van der Waals surface area contributed by atoms with Crippen molar-refractivity contribution in [2.24, 2.45) is 0 Å². The highest BCUT2D eigenvalue weighted by Crippen LogP contribution is 2.14. The lowest BCUT2D eigenvalue weighted by molar-refractivity contribution is 0.0952. The van der Waals surface area contributed by atoms with Crippen LogP contribution in [0.15, 0.2) is 54.9 Å². The van der Waals surface area contributed by atoms with Crippen LogP contribution in [0.2, 0.25) is 0 Å². The van der Waals surface area contributed by atoms with Crippen LogP contribution in [-0.4, -0.2) is 51.2 Å². The summed E-state index contributed by atoms with van der Waals surface area (Å²) in [6.45, 7) is 4.41. The molecule has 0 aliphatic rings. The molecular weight excluding hydrogens is 340 g/mol. The van der Waals surface area contributed by atoms with Gasteiger partial charge in [0.2, 0.25) is 0 Å². The SMILES string of the molecule is Cc1cc(C(=O)NCCCN(C)Cc2ccccc2)ccc1-n1cnnn1. The van der Waals surface area contributed by atoms with E-state index in [0.29, 0.717) is 12.1 Å². The largest absolute Gasteiger partial charge is 0.352 e. The summed E-state index contributed by atoms with van der Waals surface area (Å²) in [5.41, 5.74) is 3.74. The fourth-order valence-electron chi connectivity index (χ4n) is 2.95. The first-order chi connectivity index (χ1) is 13.1. The summed E-state index contributed by atoms with van der Waals surface area (Å²) in [4.78, 5) is 14.6. The molecule has 27 heavy (non-hydrogen) atoms. The highest BCUT2D eigenvalue weighted by molar-refractivity contribution is 5.94. The van der Waals surface area contributed by atoms with Gasteiger partial charge in [-0.05, 0) is 66.7 Å². The van der Waals surface area contributed by atoms with Crippen LogP contribution >= 0.6 is 0 Å². The minimum Gasteiger partial charge on any atom is -0.352 e. The molecule has 0 spiro atoms. The van der Waals surface area contributed by atoms with Gasteiger partial charge in [0.1, 0.15) is 6.33 Å². The molecule has 2 aromatic carbocycles. The van der Waals surface area contributed by atoms with Crippen molar-refractivity contribution < 1.29 is 4.79 Å². The van der Waals surface area contributed by atoms with Crippen LogP contribution in [0.5, 0.6) is 0 Å². The van der Waals surface area contributed by atoms with Gasteiger partial charge < -0.3 is 10.2 Å². The van der Waals surface area contributed by atoms with E-state index in [-0.39, 0.29) is 5.91 Å². The normalized spacial score (nSPS) is 10.9. The van der Waals surface area contributed by atoms with Gasteiger partial charge in [0.05, 0.1) is 5.69 Å². The molecule has 7 heteroatoms. The Labute approximate surface area is 159 Å². The van der Waals surface area contributed by atoms with Crippen molar-refractivity contribution >= 4 is 5.91 Å². The second kappa shape index (κ2) is 9.05. The third-order valence-corrected chi connectivity index (χ3v) is 4.35. The molecule has 0 bridgehead atoms. The molecule has 1 aromatic heterocycles. The maximum atomic E-state index is 12.4. The van der Waals surface area contributed by atoms with Crippen molar-refractivity contribution in [3.05, 3.63) is 71.5 Å². The van der Waals surface area contributed by atoms with Crippen molar-refractivity contribution in [3.63, 3.8) is 0 Å². The van der Waals surface area contributed by atoms with Gasteiger partial charge in [-0.3, -0.25) is 4.79 Å². The number of amides is 1. The number of nitrogens with zero attached hydrogens (tertiary/aromatic N) is 5. The Bertz CT molecular complexity index is 863. The monoisotopic (exact) mass is 364 g/mol. The molecule has 0 saturated heterocycles. The van der Waals surface area contributed by atoms with Gasteiger partial charge in [0.15, 0.2) is 0 Å². The maximum Gasteiger partial charge on any atom is 0.251 e. The van der Waals surface area contributed by atoms with Crippen LogP contribution in [0.1, 0.15) is 27.9 Å². The van der Waals surface area contributed by atoms with E-state index in [1.54, 1.807) is 10.7 Å². The summed E-state index contributed by atoms with van der Waals surface area (Å²) < 4.78 is 1.58. The van der Waals surface area contributed by atoms with Crippen molar-refractivity contribution in [1.29, 1.82) is 0 Å². The Balaban J connectivity index is 1.45. The Kier molecular flexibility index (Phi) is 6.27. The number of aryl methyl sites for hydroxylation is 1. The van der Waals surface area contributed by atoms with Gasteiger partial charge in [-0.15, -0.1) is 5.10 Å². The number of carbonyl (C=O) groups is 1. The number of aromatic nitrogens is 4. The van der Waals surface area contributed by atoms with E-state index in [0.717, 1.165) is 30.8 Å². The summed E-state index contributed by atoms with van der Waals surface area (Å²) in [6.07, 6.45) is 2.44. The molecule has 0 atom stereocenters. The van der Waals surface area contributed by atoms with Gasteiger partial charge in [-0.1, -0.05) is 30.3 Å². The molecular formula is C20H24N6O.